The van der Waals surface area contributed by atoms with Crippen molar-refractivity contribution >= 4 is 24.1 Å². The Morgan fingerprint density at radius 3 is 1.81 bits per heavy atom. The molecule has 2 aromatic carbocycles. The number of aromatic hydroxyl groups is 4. The molecule has 192 valence electrons. The molecule has 5 atom stereocenters. The highest BCUT2D eigenvalue weighted by molar-refractivity contribution is 5.87. The summed E-state index contributed by atoms with van der Waals surface area (Å²) in [5, 5.41) is 67.9. The molecule has 7 N–H and O–H groups in total. The van der Waals surface area contributed by atoms with Gasteiger partial charge in [0.15, 0.2) is 23.0 Å². The normalized spacial score (nSPS) is 24.1. The third kappa shape index (κ3) is 6.73. The van der Waals surface area contributed by atoms with E-state index >= 15 is 0 Å². The van der Waals surface area contributed by atoms with Crippen LogP contribution in [0.2, 0.25) is 0 Å². The molecule has 2 aromatic rings. The maximum Gasteiger partial charge on any atom is 0.333 e. The van der Waals surface area contributed by atoms with E-state index in [0.29, 0.717) is 11.1 Å². The van der Waals surface area contributed by atoms with Crippen LogP contribution in [0.3, 0.4) is 0 Å². The largest absolute Gasteiger partial charge is 0.504 e. The standard InChI is InChI=1S/C24H24O12/c25-14-5-1-12(9-16(14)27)3-7-19(29)34-11-18-21(31)22(32)23(33)24(35-18)36-20(30)8-4-13-2-6-15(26)17(28)10-13/h1-10,18,21-28,31-33H,11H2. The van der Waals surface area contributed by atoms with Crippen molar-refractivity contribution < 1.29 is 59.5 Å². The molecular weight excluding hydrogens is 480 g/mol. The monoisotopic (exact) mass is 504 g/mol. The molecule has 1 saturated heterocycles. The van der Waals surface area contributed by atoms with Crippen LogP contribution in [-0.4, -0.2) is 85.0 Å². The molecule has 0 aliphatic carbocycles. The van der Waals surface area contributed by atoms with Gasteiger partial charge in [-0.2, -0.15) is 0 Å². The predicted octanol–water partition coefficient (Wildman–Crippen LogP) is 0.130. The van der Waals surface area contributed by atoms with Crippen LogP contribution in [0.25, 0.3) is 12.2 Å². The summed E-state index contributed by atoms with van der Waals surface area (Å²) in [5.41, 5.74) is 0.737. The van der Waals surface area contributed by atoms with E-state index in [-0.39, 0.29) is 17.2 Å². The molecule has 1 heterocycles. The van der Waals surface area contributed by atoms with Crippen LogP contribution < -0.4 is 0 Å². The summed E-state index contributed by atoms with van der Waals surface area (Å²) in [4.78, 5) is 24.1. The number of ether oxygens (including phenoxy) is 3. The number of esters is 2. The zero-order chi connectivity index (χ0) is 26.4. The topological polar surface area (TPSA) is 203 Å². The van der Waals surface area contributed by atoms with E-state index in [4.69, 9.17) is 14.2 Å². The number of carbonyl (C=O) groups excluding carboxylic acids is 2. The number of benzene rings is 2. The molecule has 1 aliphatic heterocycles. The van der Waals surface area contributed by atoms with E-state index < -0.39 is 55.0 Å². The van der Waals surface area contributed by atoms with Crippen molar-refractivity contribution in [1.29, 1.82) is 0 Å². The van der Waals surface area contributed by atoms with Crippen molar-refractivity contribution in [3.05, 3.63) is 59.7 Å². The summed E-state index contributed by atoms with van der Waals surface area (Å²) in [6, 6.07) is 7.68. The van der Waals surface area contributed by atoms with E-state index in [1.54, 1.807) is 0 Å². The van der Waals surface area contributed by atoms with Crippen molar-refractivity contribution in [2.75, 3.05) is 6.61 Å². The third-order valence-corrected chi connectivity index (χ3v) is 5.11. The molecule has 1 aliphatic rings. The molecule has 0 spiro atoms. The molecule has 0 radical (unpaired) electrons. The predicted molar refractivity (Wildman–Crippen MR) is 121 cm³/mol. The highest BCUT2D eigenvalue weighted by atomic mass is 16.7. The van der Waals surface area contributed by atoms with Gasteiger partial charge in [-0.05, 0) is 47.5 Å². The van der Waals surface area contributed by atoms with Gasteiger partial charge in [-0.3, -0.25) is 0 Å². The minimum atomic E-state index is -1.80. The lowest BCUT2D eigenvalue weighted by Crippen LogP contribution is -2.59. The van der Waals surface area contributed by atoms with Gasteiger partial charge in [-0.1, -0.05) is 12.1 Å². The molecule has 12 nitrogen and oxygen atoms in total. The van der Waals surface area contributed by atoms with Crippen LogP contribution in [0.4, 0.5) is 0 Å². The van der Waals surface area contributed by atoms with Crippen molar-refractivity contribution in [3.8, 4) is 23.0 Å². The quantitative estimate of drug-likeness (QED) is 0.153. The fourth-order valence-electron chi connectivity index (χ4n) is 3.13. The smallest absolute Gasteiger partial charge is 0.333 e. The minimum absolute atomic E-state index is 0.329. The first-order valence-corrected chi connectivity index (χ1v) is 10.5. The lowest BCUT2D eigenvalue weighted by atomic mass is 9.99. The number of phenols is 4. The average Bonchev–Trinajstić information content (AvgIpc) is 2.85. The van der Waals surface area contributed by atoms with E-state index in [1.165, 1.54) is 48.6 Å². The Morgan fingerprint density at radius 1 is 0.750 bits per heavy atom. The van der Waals surface area contributed by atoms with Gasteiger partial charge in [0.2, 0.25) is 6.29 Å². The number of phenolic OH excluding ortho intramolecular Hbond substituents is 4. The molecule has 0 saturated carbocycles. The van der Waals surface area contributed by atoms with Gasteiger partial charge in [0.25, 0.3) is 0 Å². The van der Waals surface area contributed by atoms with Gasteiger partial charge < -0.3 is 50.0 Å². The molecule has 5 unspecified atom stereocenters. The van der Waals surface area contributed by atoms with Crippen molar-refractivity contribution in [2.24, 2.45) is 0 Å². The number of rotatable bonds is 7. The summed E-state index contributed by atoms with van der Waals surface area (Å²) < 4.78 is 15.3. The zero-order valence-electron chi connectivity index (χ0n) is 18.5. The Labute approximate surface area is 204 Å². The minimum Gasteiger partial charge on any atom is -0.504 e. The second-order valence-electron chi connectivity index (χ2n) is 7.74. The Bertz CT molecular complexity index is 1160. The van der Waals surface area contributed by atoms with Gasteiger partial charge in [-0.15, -0.1) is 0 Å². The Balaban J connectivity index is 1.57. The van der Waals surface area contributed by atoms with Crippen LogP contribution in [0.5, 0.6) is 23.0 Å². The fourth-order valence-corrected chi connectivity index (χ4v) is 3.13. The van der Waals surface area contributed by atoms with E-state index in [0.717, 1.165) is 12.2 Å². The maximum atomic E-state index is 12.1. The van der Waals surface area contributed by atoms with Crippen LogP contribution >= 0.6 is 0 Å². The Kier molecular flexibility index (Phi) is 8.51. The van der Waals surface area contributed by atoms with Gasteiger partial charge in [0, 0.05) is 12.2 Å². The second-order valence-corrected chi connectivity index (χ2v) is 7.74. The molecule has 3 rings (SSSR count). The highest BCUT2D eigenvalue weighted by Crippen LogP contribution is 2.27. The number of carbonyl (C=O) groups is 2. The second kappa shape index (κ2) is 11.6. The van der Waals surface area contributed by atoms with Gasteiger partial charge in [0.1, 0.15) is 31.0 Å². The molecule has 12 heteroatoms. The van der Waals surface area contributed by atoms with Crippen LogP contribution in [-0.2, 0) is 23.8 Å². The Hall–Kier alpha value is -4.10. The number of hydrogen-bond donors (Lipinski definition) is 7. The van der Waals surface area contributed by atoms with Crippen molar-refractivity contribution in [1.82, 2.24) is 0 Å². The molecule has 0 amide bonds. The van der Waals surface area contributed by atoms with E-state index in [1.807, 2.05) is 0 Å². The lowest BCUT2D eigenvalue weighted by molar-refractivity contribution is -0.291. The molecular formula is C24H24O12. The summed E-state index contributed by atoms with van der Waals surface area (Å²) in [5.74, 6) is -3.32. The van der Waals surface area contributed by atoms with Crippen LogP contribution in [0.15, 0.2) is 48.6 Å². The number of hydrogen-bond acceptors (Lipinski definition) is 12. The molecule has 0 aromatic heterocycles. The van der Waals surface area contributed by atoms with Gasteiger partial charge in [-0.25, -0.2) is 9.59 Å². The lowest BCUT2D eigenvalue weighted by Gasteiger charge is -2.39. The number of aliphatic hydroxyl groups excluding tert-OH is 3. The van der Waals surface area contributed by atoms with E-state index in [9.17, 15) is 45.3 Å². The SMILES string of the molecule is O=C(C=Cc1ccc(O)c(O)c1)OCC1OC(OC(=O)C=Cc2ccc(O)c(O)c2)C(O)C(O)C1O. The van der Waals surface area contributed by atoms with Gasteiger partial charge in [0.05, 0.1) is 0 Å². The van der Waals surface area contributed by atoms with E-state index in [2.05, 4.69) is 0 Å². The number of aliphatic hydroxyl groups is 3. The van der Waals surface area contributed by atoms with Gasteiger partial charge >= 0.3 is 11.9 Å². The van der Waals surface area contributed by atoms with Crippen LogP contribution in [0, 0.1) is 0 Å². The average molecular weight is 504 g/mol. The summed E-state index contributed by atoms with van der Waals surface area (Å²) in [6.07, 6.45) is -3.81. The Morgan fingerprint density at radius 2 is 1.28 bits per heavy atom. The first-order chi connectivity index (χ1) is 17.0. The summed E-state index contributed by atoms with van der Waals surface area (Å²) in [6.45, 7) is -0.564. The first-order valence-electron chi connectivity index (χ1n) is 10.5. The molecule has 1 fully saturated rings. The first kappa shape index (κ1) is 26.5. The van der Waals surface area contributed by atoms with Crippen molar-refractivity contribution in [3.63, 3.8) is 0 Å². The third-order valence-electron chi connectivity index (χ3n) is 5.11. The van der Waals surface area contributed by atoms with Crippen molar-refractivity contribution in [2.45, 2.75) is 30.7 Å². The summed E-state index contributed by atoms with van der Waals surface area (Å²) in [7, 11) is 0. The molecule has 0 bridgehead atoms. The fraction of sp³-hybridized carbons (Fsp3) is 0.250. The molecule has 36 heavy (non-hydrogen) atoms. The highest BCUT2D eigenvalue weighted by Gasteiger charge is 2.45. The summed E-state index contributed by atoms with van der Waals surface area (Å²) >= 11 is 0. The van der Waals surface area contributed by atoms with Crippen LogP contribution in [0.1, 0.15) is 11.1 Å². The zero-order valence-corrected chi connectivity index (χ0v) is 18.5. The maximum absolute atomic E-state index is 12.1.